The molecule has 0 radical (unpaired) electrons. The van der Waals surface area contributed by atoms with Crippen molar-refractivity contribution >= 4 is 0 Å². The lowest BCUT2D eigenvalue weighted by atomic mass is 9.87. The van der Waals surface area contributed by atoms with Gasteiger partial charge in [0, 0.05) is 32.7 Å². The van der Waals surface area contributed by atoms with Crippen molar-refractivity contribution in [1.29, 1.82) is 0 Å². The second kappa shape index (κ2) is 6.75. The van der Waals surface area contributed by atoms with E-state index in [1.807, 2.05) is 6.07 Å². The molecule has 1 saturated heterocycles. The molecule has 0 unspecified atom stereocenters. The van der Waals surface area contributed by atoms with Crippen LogP contribution in [0.25, 0.3) is 0 Å². The largest absolute Gasteiger partial charge is 0.489 e. The molecule has 1 heterocycles. The molecule has 1 aliphatic heterocycles. The Morgan fingerprint density at radius 3 is 2.38 bits per heavy atom. The Bertz CT molecular complexity index is 462. The number of ether oxygens (including phenoxy) is 1. The summed E-state index contributed by atoms with van der Waals surface area (Å²) in [7, 11) is 2.14. The highest BCUT2D eigenvalue weighted by Gasteiger charge is 2.17. The molecule has 1 fully saturated rings. The van der Waals surface area contributed by atoms with Crippen LogP contribution in [-0.4, -0.2) is 56.2 Å². The van der Waals surface area contributed by atoms with E-state index in [0.717, 1.165) is 38.3 Å². The molecule has 0 atom stereocenters. The highest BCUT2D eigenvalue weighted by atomic mass is 19.1. The highest BCUT2D eigenvalue weighted by molar-refractivity contribution is 5.32. The molecule has 0 saturated carbocycles. The van der Waals surface area contributed by atoms with E-state index in [0.29, 0.717) is 12.4 Å². The lowest BCUT2D eigenvalue weighted by Crippen LogP contribution is -2.45. The van der Waals surface area contributed by atoms with Crippen molar-refractivity contribution in [2.75, 3.05) is 46.4 Å². The van der Waals surface area contributed by atoms with Crippen LogP contribution in [0.5, 0.6) is 5.75 Å². The number of piperazine rings is 1. The standard InChI is InChI=1S/C17H27FN2O/c1-17(2,3)14-5-6-16(15(18)13-14)21-12-11-20-9-7-19(4)8-10-20/h5-6,13H,7-12H2,1-4H3. The van der Waals surface area contributed by atoms with Crippen LogP contribution in [0, 0.1) is 5.82 Å². The van der Waals surface area contributed by atoms with Gasteiger partial charge in [-0.15, -0.1) is 0 Å². The molecule has 0 N–H and O–H groups in total. The highest BCUT2D eigenvalue weighted by Crippen LogP contribution is 2.26. The van der Waals surface area contributed by atoms with E-state index in [9.17, 15) is 4.39 Å². The molecule has 118 valence electrons. The van der Waals surface area contributed by atoms with Crippen molar-refractivity contribution in [3.63, 3.8) is 0 Å². The Labute approximate surface area is 127 Å². The van der Waals surface area contributed by atoms with Crippen molar-refractivity contribution in [2.45, 2.75) is 26.2 Å². The minimum absolute atomic E-state index is 0.0425. The van der Waals surface area contributed by atoms with E-state index < -0.39 is 0 Å². The molecule has 0 aliphatic carbocycles. The first kappa shape index (κ1) is 16.2. The van der Waals surface area contributed by atoms with Crippen LogP contribution in [-0.2, 0) is 5.41 Å². The van der Waals surface area contributed by atoms with Gasteiger partial charge in [0.15, 0.2) is 11.6 Å². The summed E-state index contributed by atoms with van der Waals surface area (Å²) < 4.78 is 19.7. The van der Waals surface area contributed by atoms with E-state index in [2.05, 4.69) is 37.6 Å². The Kier molecular flexibility index (Phi) is 5.22. The third kappa shape index (κ3) is 4.68. The first-order valence-electron chi connectivity index (χ1n) is 7.70. The van der Waals surface area contributed by atoms with E-state index in [-0.39, 0.29) is 11.2 Å². The van der Waals surface area contributed by atoms with E-state index in [1.54, 1.807) is 12.1 Å². The Hall–Kier alpha value is -1.13. The van der Waals surface area contributed by atoms with Crippen molar-refractivity contribution < 1.29 is 9.13 Å². The van der Waals surface area contributed by atoms with Crippen molar-refractivity contribution in [1.82, 2.24) is 9.80 Å². The summed E-state index contributed by atoms with van der Waals surface area (Å²) >= 11 is 0. The van der Waals surface area contributed by atoms with Crippen molar-refractivity contribution in [2.24, 2.45) is 0 Å². The third-order valence-electron chi connectivity index (χ3n) is 4.06. The fraction of sp³-hybridized carbons (Fsp3) is 0.647. The van der Waals surface area contributed by atoms with Gasteiger partial charge in [0.2, 0.25) is 0 Å². The smallest absolute Gasteiger partial charge is 0.165 e. The molecule has 0 bridgehead atoms. The van der Waals surface area contributed by atoms with Gasteiger partial charge in [0.25, 0.3) is 0 Å². The molecule has 21 heavy (non-hydrogen) atoms. The van der Waals surface area contributed by atoms with Gasteiger partial charge >= 0.3 is 0 Å². The number of benzene rings is 1. The van der Waals surface area contributed by atoms with Gasteiger partial charge in [-0.05, 0) is 30.2 Å². The van der Waals surface area contributed by atoms with Crippen LogP contribution < -0.4 is 4.74 Å². The normalized spacial score (nSPS) is 18.0. The maximum absolute atomic E-state index is 14.1. The van der Waals surface area contributed by atoms with Gasteiger partial charge < -0.3 is 9.64 Å². The van der Waals surface area contributed by atoms with Crippen LogP contribution in [0.3, 0.4) is 0 Å². The van der Waals surface area contributed by atoms with Crippen LogP contribution in [0.1, 0.15) is 26.3 Å². The average Bonchev–Trinajstić information content (AvgIpc) is 2.41. The van der Waals surface area contributed by atoms with E-state index in [4.69, 9.17) is 4.74 Å². The lowest BCUT2D eigenvalue weighted by molar-refractivity contribution is 0.132. The maximum atomic E-state index is 14.1. The van der Waals surface area contributed by atoms with Gasteiger partial charge in [-0.1, -0.05) is 26.8 Å². The molecule has 0 amide bonds. The Morgan fingerprint density at radius 2 is 1.81 bits per heavy atom. The third-order valence-corrected chi connectivity index (χ3v) is 4.06. The van der Waals surface area contributed by atoms with E-state index >= 15 is 0 Å². The molecule has 4 heteroatoms. The zero-order valence-corrected chi connectivity index (χ0v) is 13.7. The summed E-state index contributed by atoms with van der Waals surface area (Å²) in [4.78, 5) is 4.68. The minimum Gasteiger partial charge on any atom is -0.489 e. The molecule has 2 rings (SSSR count). The SMILES string of the molecule is CN1CCN(CCOc2ccc(C(C)(C)C)cc2F)CC1. The lowest BCUT2D eigenvalue weighted by Gasteiger charge is -2.32. The molecule has 1 aliphatic rings. The van der Waals surface area contributed by atoms with Crippen LogP contribution in [0.15, 0.2) is 18.2 Å². The minimum atomic E-state index is -0.263. The molecular formula is C17H27FN2O. The van der Waals surface area contributed by atoms with Gasteiger partial charge in [0.05, 0.1) is 0 Å². The first-order valence-corrected chi connectivity index (χ1v) is 7.70. The Balaban J connectivity index is 1.83. The molecule has 3 nitrogen and oxygen atoms in total. The number of nitrogens with zero attached hydrogens (tertiary/aromatic N) is 2. The fourth-order valence-electron chi connectivity index (χ4n) is 2.44. The fourth-order valence-corrected chi connectivity index (χ4v) is 2.44. The summed E-state index contributed by atoms with van der Waals surface area (Å²) in [5.41, 5.74) is 0.950. The summed E-state index contributed by atoms with van der Waals surface area (Å²) in [6.07, 6.45) is 0. The molecule has 1 aromatic rings. The maximum Gasteiger partial charge on any atom is 0.165 e. The number of halogens is 1. The van der Waals surface area contributed by atoms with Crippen molar-refractivity contribution in [3.05, 3.63) is 29.6 Å². The second-order valence-electron chi connectivity index (χ2n) is 6.89. The predicted molar refractivity (Wildman–Crippen MR) is 84.5 cm³/mol. The molecule has 0 aromatic heterocycles. The molecular weight excluding hydrogens is 267 g/mol. The Morgan fingerprint density at radius 1 is 1.14 bits per heavy atom. The monoisotopic (exact) mass is 294 g/mol. The summed E-state index contributed by atoms with van der Waals surface area (Å²) in [5, 5.41) is 0. The summed E-state index contributed by atoms with van der Waals surface area (Å²) in [5.74, 6) is 0.0953. The van der Waals surface area contributed by atoms with E-state index in [1.165, 1.54) is 0 Å². The summed E-state index contributed by atoms with van der Waals surface area (Å²) in [6, 6.07) is 5.29. The van der Waals surface area contributed by atoms with Gasteiger partial charge in [0.1, 0.15) is 6.61 Å². The number of likely N-dealkylation sites (N-methyl/N-ethyl adjacent to an activating group) is 1. The predicted octanol–water partition coefficient (Wildman–Crippen LogP) is 2.75. The number of hydrogen-bond donors (Lipinski definition) is 0. The van der Waals surface area contributed by atoms with Gasteiger partial charge in [-0.25, -0.2) is 4.39 Å². The zero-order valence-electron chi connectivity index (χ0n) is 13.7. The van der Waals surface area contributed by atoms with Crippen LogP contribution in [0.2, 0.25) is 0 Å². The molecule has 1 aromatic carbocycles. The number of hydrogen-bond acceptors (Lipinski definition) is 3. The van der Waals surface area contributed by atoms with Crippen LogP contribution >= 0.6 is 0 Å². The summed E-state index contributed by atoms with van der Waals surface area (Å²) in [6.45, 7) is 11.9. The van der Waals surface area contributed by atoms with Gasteiger partial charge in [-0.3, -0.25) is 4.90 Å². The zero-order chi connectivity index (χ0) is 15.5. The average molecular weight is 294 g/mol. The molecule has 0 spiro atoms. The number of rotatable bonds is 4. The quantitative estimate of drug-likeness (QED) is 0.849. The topological polar surface area (TPSA) is 15.7 Å². The van der Waals surface area contributed by atoms with Crippen LogP contribution in [0.4, 0.5) is 4.39 Å². The second-order valence-corrected chi connectivity index (χ2v) is 6.89. The van der Waals surface area contributed by atoms with Gasteiger partial charge in [-0.2, -0.15) is 0 Å². The first-order chi connectivity index (χ1) is 9.86. The van der Waals surface area contributed by atoms with Crippen molar-refractivity contribution in [3.8, 4) is 5.75 Å².